The first-order chi connectivity index (χ1) is 13.4. The summed E-state index contributed by atoms with van der Waals surface area (Å²) in [7, 11) is 0. The average molecular weight is 408 g/mol. The first-order valence-electron chi connectivity index (χ1n) is 8.48. The summed E-state index contributed by atoms with van der Waals surface area (Å²) in [6.07, 6.45) is -3.31. The highest BCUT2D eigenvalue weighted by Crippen LogP contribution is 2.31. The molecule has 28 heavy (non-hydrogen) atoms. The Balaban J connectivity index is 1.40. The normalized spacial score (nSPS) is 17.1. The van der Waals surface area contributed by atoms with Crippen LogP contribution in [-0.4, -0.2) is 45.2 Å². The zero-order chi connectivity index (χ0) is 19.7. The number of hydrogen-bond donors (Lipinski definition) is 1. The van der Waals surface area contributed by atoms with Gasteiger partial charge in [0.05, 0.1) is 22.7 Å². The number of nitrogens with one attached hydrogen (secondary N) is 1. The minimum atomic E-state index is -4.46. The number of halogens is 3. The maximum absolute atomic E-state index is 12.8. The van der Waals surface area contributed by atoms with Gasteiger partial charge in [0.25, 0.3) is 5.91 Å². The van der Waals surface area contributed by atoms with Gasteiger partial charge in [-0.3, -0.25) is 9.89 Å². The van der Waals surface area contributed by atoms with Crippen LogP contribution in [0.15, 0.2) is 41.9 Å². The third kappa shape index (κ3) is 3.86. The van der Waals surface area contributed by atoms with Gasteiger partial charge in [-0.05, 0) is 23.6 Å². The Morgan fingerprint density at radius 3 is 2.93 bits per heavy atom. The number of ether oxygens (including phenoxy) is 1. The Morgan fingerprint density at radius 2 is 2.18 bits per heavy atom. The van der Waals surface area contributed by atoms with Crippen molar-refractivity contribution in [3.63, 3.8) is 0 Å². The van der Waals surface area contributed by atoms with E-state index in [0.717, 1.165) is 28.9 Å². The van der Waals surface area contributed by atoms with Gasteiger partial charge < -0.3 is 9.64 Å². The van der Waals surface area contributed by atoms with Crippen LogP contribution in [-0.2, 0) is 6.18 Å². The van der Waals surface area contributed by atoms with E-state index >= 15 is 0 Å². The third-order valence-corrected chi connectivity index (χ3v) is 5.27. The van der Waals surface area contributed by atoms with E-state index in [1.165, 1.54) is 11.3 Å². The van der Waals surface area contributed by atoms with Crippen LogP contribution in [0.4, 0.5) is 13.2 Å². The van der Waals surface area contributed by atoms with Crippen LogP contribution in [0.1, 0.15) is 22.5 Å². The lowest BCUT2D eigenvalue weighted by molar-refractivity contribution is -0.137. The number of rotatable bonds is 4. The molecule has 6 nitrogen and oxygen atoms in total. The fourth-order valence-corrected chi connectivity index (χ4v) is 3.67. The molecule has 146 valence electrons. The number of amides is 1. The second-order valence-corrected chi connectivity index (χ2v) is 7.25. The molecule has 0 aliphatic carbocycles. The largest absolute Gasteiger partial charge is 0.472 e. The minimum Gasteiger partial charge on any atom is -0.472 e. The number of aromatic amines is 1. The highest BCUT2D eigenvalue weighted by Gasteiger charge is 2.33. The molecule has 0 aromatic carbocycles. The lowest BCUT2D eigenvalue weighted by Gasteiger charge is -2.16. The summed E-state index contributed by atoms with van der Waals surface area (Å²) in [4.78, 5) is 19.0. The van der Waals surface area contributed by atoms with E-state index in [4.69, 9.17) is 4.74 Å². The molecular weight excluding hydrogens is 393 g/mol. The molecule has 3 aromatic heterocycles. The number of carbonyl (C=O) groups excluding carboxylic acids is 1. The zero-order valence-electron chi connectivity index (χ0n) is 14.4. The summed E-state index contributed by atoms with van der Waals surface area (Å²) in [6, 6.07) is 7.28. The zero-order valence-corrected chi connectivity index (χ0v) is 15.3. The van der Waals surface area contributed by atoms with Crippen molar-refractivity contribution in [2.24, 2.45) is 0 Å². The molecule has 4 heterocycles. The van der Waals surface area contributed by atoms with Gasteiger partial charge in [-0.2, -0.15) is 18.3 Å². The molecule has 0 radical (unpaired) electrons. The lowest BCUT2D eigenvalue weighted by atomic mass is 10.2. The predicted octanol–water partition coefficient (Wildman–Crippen LogP) is 3.85. The van der Waals surface area contributed by atoms with Crippen molar-refractivity contribution in [2.45, 2.75) is 18.7 Å². The first kappa shape index (κ1) is 18.5. The molecule has 1 unspecified atom stereocenters. The molecule has 0 saturated carbocycles. The fourth-order valence-electron chi connectivity index (χ4n) is 2.98. The van der Waals surface area contributed by atoms with E-state index < -0.39 is 17.8 Å². The van der Waals surface area contributed by atoms with E-state index in [0.29, 0.717) is 18.7 Å². The SMILES string of the molecule is O=C(c1cc(-c2cccs2)[nH]n1)N1CCC(Oc2cc(C(F)(F)F)ccn2)C1. The minimum absolute atomic E-state index is 0.103. The number of aromatic nitrogens is 3. The van der Waals surface area contributed by atoms with Gasteiger partial charge in [-0.1, -0.05) is 6.07 Å². The maximum Gasteiger partial charge on any atom is 0.416 e. The molecule has 10 heteroatoms. The Hall–Kier alpha value is -2.88. The quantitative estimate of drug-likeness (QED) is 0.712. The first-order valence-corrected chi connectivity index (χ1v) is 9.36. The Kier molecular flexibility index (Phi) is 4.80. The van der Waals surface area contributed by atoms with Gasteiger partial charge in [-0.25, -0.2) is 4.98 Å². The number of carbonyl (C=O) groups is 1. The van der Waals surface area contributed by atoms with Crippen LogP contribution in [0.3, 0.4) is 0 Å². The monoisotopic (exact) mass is 408 g/mol. The molecule has 0 spiro atoms. The van der Waals surface area contributed by atoms with E-state index in [2.05, 4.69) is 15.2 Å². The van der Waals surface area contributed by atoms with E-state index in [1.807, 2.05) is 17.5 Å². The van der Waals surface area contributed by atoms with Crippen molar-refractivity contribution in [2.75, 3.05) is 13.1 Å². The van der Waals surface area contributed by atoms with Crippen molar-refractivity contribution >= 4 is 17.2 Å². The van der Waals surface area contributed by atoms with Crippen LogP contribution in [0.25, 0.3) is 10.6 Å². The van der Waals surface area contributed by atoms with E-state index in [9.17, 15) is 18.0 Å². The molecule has 1 atom stereocenters. The lowest BCUT2D eigenvalue weighted by Crippen LogP contribution is -2.31. The molecule has 1 aliphatic rings. The van der Waals surface area contributed by atoms with Crippen molar-refractivity contribution in [1.82, 2.24) is 20.1 Å². The molecule has 1 amide bonds. The molecule has 1 aliphatic heterocycles. The average Bonchev–Trinajstić information content (AvgIpc) is 3.41. The summed E-state index contributed by atoms with van der Waals surface area (Å²) in [5.41, 5.74) is 0.237. The fraction of sp³-hybridized carbons (Fsp3) is 0.278. The Morgan fingerprint density at radius 1 is 1.32 bits per heavy atom. The van der Waals surface area contributed by atoms with Crippen LogP contribution in [0, 0.1) is 0 Å². The number of hydrogen-bond acceptors (Lipinski definition) is 5. The van der Waals surface area contributed by atoms with Gasteiger partial charge in [0.1, 0.15) is 6.10 Å². The molecular formula is C18H15F3N4O2S. The van der Waals surface area contributed by atoms with Crippen molar-refractivity contribution < 1.29 is 22.7 Å². The Bertz CT molecular complexity index is 971. The van der Waals surface area contributed by atoms with Crippen LogP contribution < -0.4 is 4.74 Å². The van der Waals surface area contributed by atoms with E-state index in [-0.39, 0.29) is 18.3 Å². The molecule has 3 aromatic rings. The number of alkyl halides is 3. The molecule has 1 N–H and O–H groups in total. The summed E-state index contributed by atoms with van der Waals surface area (Å²) in [5.74, 6) is -0.351. The Labute approximate surface area is 162 Å². The van der Waals surface area contributed by atoms with Gasteiger partial charge in [0.2, 0.25) is 5.88 Å². The molecule has 1 saturated heterocycles. The van der Waals surface area contributed by atoms with Gasteiger partial charge in [-0.15, -0.1) is 11.3 Å². The number of H-pyrrole nitrogens is 1. The van der Waals surface area contributed by atoms with E-state index in [1.54, 1.807) is 11.0 Å². The molecule has 1 fully saturated rings. The topological polar surface area (TPSA) is 71.1 Å². The van der Waals surface area contributed by atoms with Gasteiger partial charge >= 0.3 is 6.18 Å². The highest BCUT2D eigenvalue weighted by molar-refractivity contribution is 7.13. The summed E-state index contributed by atoms with van der Waals surface area (Å²) in [5, 5.41) is 8.86. The second-order valence-electron chi connectivity index (χ2n) is 6.30. The number of pyridine rings is 1. The summed E-state index contributed by atoms with van der Waals surface area (Å²) in [6.45, 7) is 0.696. The highest BCUT2D eigenvalue weighted by atomic mass is 32.1. The number of likely N-dealkylation sites (tertiary alicyclic amines) is 1. The predicted molar refractivity (Wildman–Crippen MR) is 96.1 cm³/mol. The second kappa shape index (κ2) is 7.27. The standard InChI is InChI=1S/C18H15F3N4O2S/c19-18(20,21)11-3-5-22-16(8-11)27-12-4-6-25(10-12)17(26)14-9-13(23-24-14)15-2-1-7-28-15/h1-3,5,7-9,12H,4,6,10H2,(H,23,24). The van der Waals surface area contributed by atoms with Gasteiger partial charge in [0, 0.05) is 25.2 Å². The van der Waals surface area contributed by atoms with Crippen molar-refractivity contribution in [3.8, 4) is 16.5 Å². The van der Waals surface area contributed by atoms with Crippen LogP contribution >= 0.6 is 11.3 Å². The smallest absolute Gasteiger partial charge is 0.416 e. The van der Waals surface area contributed by atoms with Crippen LogP contribution in [0.2, 0.25) is 0 Å². The summed E-state index contributed by atoms with van der Waals surface area (Å²) >= 11 is 1.53. The molecule has 4 rings (SSSR count). The molecule has 0 bridgehead atoms. The number of nitrogens with zero attached hydrogens (tertiary/aromatic N) is 3. The van der Waals surface area contributed by atoms with Crippen molar-refractivity contribution in [1.29, 1.82) is 0 Å². The number of thiophene rings is 1. The summed E-state index contributed by atoms with van der Waals surface area (Å²) < 4.78 is 43.9. The third-order valence-electron chi connectivity index (χ3n) is 4.37. The maximum atomic E-state index is 12.8. The van der Waals surface area contributed by atoms with Crippen molar-refractivity contribution in [3.05, 3.63) is 53.2 Å². The van der Waals surface area contributed by atoms with Crippen LogP contribution in [0.5, 0.6) is 5.88 Å². The van der Waals surface area contributed by atoms with Gasteiger partial charge in [0.15, 0.2) is 5.69 Å².